The van der Waals surface area contributed by atoms with Crippen LogP contribution in [-0.2, 0) is 4.74 Å². The predicted octanol–water partition coefficient (Wildman–Crippen LogP) is 4.20. The van der Waals surface area contributed by atoms with Gasteiger partial charge in [0.1, 0.15) is 0 Å². The van der Waals surface area contributed by atoms with E-state index in [1.54, 1.807) is 5.57 Å². The maximum atomic E-state index is 5.86. The van der Waals surface area contributed by atoms with Crippen molar-refractivity contribution in [3.63, 3.8) is 0 Å². The first-order chi connectivity index (χ1) is 9.40. The highest BCUT2D eigenvalue weighted by Gasteiger charge is 2.18. The van der Waals surface area contributed by atoms with Gasteiger partial charge < -0.3 is 10.1 Å². The quantitative estimate of drug-likeness (QED) is 0.752. The van der Waals surface area contributed by atoms with Gasteiger partial charge in [-0.3, -0.25) is 0 Å². The largest absolute Gasteiger partial charge is 0.378 e. The lowest BCUT2D eigenvalue weighted by molar-refractivity contribution is 0.00916. The van der Waals surface area contributed by atoms with E-state index in [1.165, 1.54) is 70.6 Å². The molecule has 0 saturated carbocycles. The van der Waals surface area contributed by atoms with Crippen LogP contribution in [0.15, 0.2) is 11.6 Å². The van der Waals surface area contributed by atoms with E-state index < -0.39 is 0 Å². The first-order valence-electron chi connectivity index (χ1n) is 8.38. The molecular formula is C17H31NO. The Kier molecular flexibility index (Phi) is 6.94. The molecule has 2 unspecified atom stereocenters. The lowest BCUT2D eigenvalue weighted by Crippen LogP contribution is -2.30. The van der Waals surface area contributed by atoms with Crippen molar-refractivity contribution in [2.75, 3.05) is 13.7 Å². The molecule has 2 atom stereocenters. The lowest BCUT2D eigenvalue weighted by atomic mass is 9.91. The highest BCUT2D eigenvalue weighted by molar-refractivity contribution is 5.11. The van der Waals surface area contributed by atoms with Gasteiger partial charge in [-0.15, -0.1) is 0 Å². The van der Waals surface area contributed by atoms with Gasteiger partial charge in [0.15, 0.2) is 0 Å². The molecule has 0 amide bonds. The van der Waals surface area contributed by atoms with E-state index in [2.05, 4.69) is 18.4 Å². The summed E-state index contributed by atoms with van der Waals surface area (Å²) in [5.41, 5.74) is 1.66. The van der Waals surface area contributed by atoms with Gasteiger partial charge in [0.25, 0.3) is 0 Å². The van der Waals surface area contributed by atoms with Gasteiger partial charge in [0, 0.05) is 12.6 Å². The third-order valence-electron chi connectivity index (χ3n) is 4.67. The van der Waals surface area contributed by atoms with E-state index in [-0.39, 0.29) is 0 Å². The number of hydrogen-bond acceptors (Lipinski definition) is 2. The minimum absolute atomic E-state index is 0.527. The highest BCUT2D eigenvalue weighted by atomic mass is 16.5. The van der Waals surface area contributed by atoms with Crippen LogP contribution in [0.1, 0.15) is 70.6 Å². The third kappa shape index (κ3) is 5.27. The van der Waals surface area contributed by atoms with Crippen LogP contribution in [0.5, 0.6) is 0 Å². The molecule has 1 aliphatic heterocycles. The Labute approximate surface area is 119 Å². The van der Waals surface area contributed by atoms with Gasteiger partial charge in [-0.1, -0.05) is 24.5 Å². The van der Waals surface area contributed by atoms with E-state index in [4.69, 9.17) is 4.74 Å². The SMILES string of the molecule is CNC(CCC1CCCCO1)C1=CCCCCCC1. The Bertz CT molecular complexity index is 268. The summed E-state index contributed by atoms with van der Waals surface area (Å²) in [6.45, 7) is 0.984. The van der Waals surface area contributed by atoms with Gasteiger partial charge >= 0.3 is 0 Å². The molecule has 0 radical (unpaired) electrons. The number of rotatable bonds is 5. The van der Waals surface area contributed by atoms with E-state index >= 15 is 0 Å². The van der Waals surface area contributed by atoms with Crippen LogP contribution in [0.25, 0.3) is 0 Å². The standard InChI is InChI=1S/C17H31NO/c1-18-17(13-12-16-11-7-8-14-19-16)15-9-5-3-2-4-6-10-15/h9,16-18H,2-8,10-14H2,1H3. The fraction of sp³-hybridized carbons (Fsp3) is 0.882. The monoisotopic (exact) mass is 265 g/mol. The molecule has 2 nitrogen and oxygen atoms in total. The molecule has 19 heavy (non-hydrogen) atoms. The van der Waals surface area contributed by atoms with Crippen LogP contribution in [0, 0.1) is 0 Å². The van der Waals surface area contributed by atoms with Crippen molar-refractivity contribution >= 4 is 0 Å². The number of ether oxygens (including phenoxy) is 1. The summed E-state index contributed by atoms with van der Waals surface area (Å²) < 4.78 is 5.86. The minimum Gasteiger partial charge on any atom is -0.378 e. The zero-order valence-electron chi connectivity index (χ0n) is 12.6. The highest BCUT2D eigenvalue weighted by Crippen LogP contribution is 2.24. The first-order valence-corrected chi connectivity index (χ1v) is 8.38. The van der Waals surface area contributed by atoms with Gasteiger partial charge in [0.05, 0.1) is 6.10 Å². The first kappa shape index (κ1) is 15.1. The number of hydrogen-bond donors (Lipinski definition) is 1. The second kappa shape index (κ2) is 8.76. The van der Waals surface area contributed by atoms with Crippen molar-refractivity contribution in [3.8, 4) is 0 Å². The molecule has 1 aliphatic carbocycles. The summed E-state index contributed by atoms with van der Waals surface area (Å²) in [4.78, 5) is 0. The maximum Gasteiger partial charge on any atom is 0.0575 e. The van der Waals surface area contributed by atoms with Crippen LogP contribution >= 0.6 is 0 Å². The molecule has 110 valence electrons. The normalized spacial score (nSPS) is 27.2. The molecule has 0 aromatic heterocycles. The van der Waals surface area contributed by atoms with Crippen LogP contribution in [0.2, 0.25) is 0 Å². The molecular weight excluding hydrogens is 234 g/mol. The molecule has 0 aromatic rings. The minimum atomic E-state index is 0.527. The Morgan fingerprint density at radius 2 is 2.11 bits per heavy atom. The summed E-state index contributed by atoms with van der Waals surface area (Å²) in [7, 11) is 2.12. The zero-order valence-corrected chi connectivity index (χ0v) is 12.6. The molecule has 1 N–H and O–H groups in total. The summed E-state index contributed by atoms with van der Waals surface area (Å²) in [6, 6.07) is 0.587. The van der Waals surface area contributed by atoms with Gasteiger partial charge in [-0.2, -0.15) is 0 Å². The van der Waals surface area contributed by atoms with E-state index in [0.29, 0.717) is 12.1 Å². The van der Waals surface area contributed by atoms with Gasteiger partial charge in [-0.25, -0.2) is 0 Å². The van der Waals surface area contributed by atoms with E-state index in [1.807, 2.05) is 0 Å². The van der Waals surface area contributed by atoms with Crippen molar-refractivity contribution in [1.29, 1.82) is 0 Å². The summed E-state index contributed by atoms with van der Waals surface area (Å²) in [5.74, 6) is 0. The number of nitrogens with one attached hydrogen (secondary N) is 1. The molecule has 0 bridgehead atoms. The summed E-state index contributed by atoms with van der Waals surface area (Å²) in [6.07, 6.45) is 17.6. The van der Waals surface area contributed by atoms with E-state index in [9.17, 15) is 0 Å². The Morgan fingerprint density at radius 1 is 1.21 bits per heavy atom. The number of likely N-dealkylation sites (N-methyl/N-ethyl adjacent to an activating group) is 1. The van der Waals surface area contributed by atoms with E-state index in [0.717, 1.165) is 6.61 Å². The van der Waals surface area contributed by atoms with Crippen molar-refractivity contribution in [2.24, 2.45) is 0 Å². The second-order valence-corrected chi connectivity index (χ2v) is 6.14. The Morgan fingerprint density at radius 3 is 2.89 bits per heavy atom. The summed E-state index contributed by atoms with van der Waals surface area (Å²) >= 11 is 0. The maximum absolute atomic E-state index is 5.86. The molecule has 1 saturated heterocycles. The summed E-state index contributed by atoms with van der Waals surface area (Å²) in [5, 5.41) is 3.54. The van der Waals surface area contributed by atoms with Gasteiger partial charge in [-0.05, 0) is 64.8 Å². The number of allylic oxidation sites excluding steroid dienone is 1. The lowest BCUT2D eigenvalue weighted by Gasteiger charge is -2.26. The molecule has 1 heterocycles. The fourth-order valence-corrected chi connectivity index (χ4v) is 3.44. The van der Waals surface area contributed by atoms with Crippen LogP contribution < -0.4 is 5.32 Å². The van der Waals surface area contributed by atoms with Crippen LogP contribution in [0.3, 0.4) is 0 Å². The molecule has 2 heteroatoms. The average Bonchev–Trinajstić information content (AvgIpc) is 2.42. The van der Waals surface area contributed by atoms with Crippen molar-refractivity contribution < 1.29 is 4.74 Å². The predicted molar refractivity (Wildman–Crippen MR) is 81.5 cm³/mol. The van der Waals surface area contributed by atoms with Crippen molar-refractivity contribution in [1.82, 2.24) is 5.32 Å². The molecule has 0 aromatic carbocycles. The molecule has 2 rings (SSSR count). The molecule has 0 spiro atoms. The Balaban J connectivity index is 1.80. The Hall–Kier alpha value is -0.340. The van der Waals surface area contributed by atoms with Crippen LogP contribution in [-0.4, -0.2) is 25.8 Å². The topological polar surface area (TPSA) is 21.3 Å². The van der Waals surface area contributed by atoms with Crippen molar-refractivity contribution in [2.45, 2.75) is 82.8 Å². The third-order valence-corrected chi connectivity index (χ3v) is 4.67. The van der Waals surface area contributed by atoms with Gasteiger partial charge in [0.2, 0.25) is 0 Å². The molecule has 2 aliphatic rings. The second-order valence-electron chi connectivity index (χ2n) is 6.14. The fourth-order valence-electron chi connectivity index (χ4n) is 3.44. The molecule has 1 fully saturated rings. The zero-order chi connectivity index (χ0) is 13.3. The van der Waals surface area contributed by atoms with Crippen molar-refractivity contribution in [3.05, 3.63) is 11.6 Å². The average molecular weight is 265 g/mol. The smallest absolute Gasteiger partial charge is 0.0575 e. The van der Waals surface area contributed by atoms with Crippen LogP contribution in [0.4, 0.5) is 0 Å².